The van der Waals surface area contributed by atoms with Crippen LogP contribution in [0.3, 0.4) is 0 Å². The summed E-state index contributed by atoms with van der Waals surface area (Å²) in [5.41, 5.74) is 0.268. The summed E-state index contributed by atoms with van der Waals surface area (Å²) in [6, 6.07) is 2.35. The average molecular weight is 528 g/mol. The zero-order chi connectivity index (χ0) is 19.9. The normalized spacial score (nSPS) is 11.7. The van der Waals surface area contributed by atoms with Crippen LogP contribution in [0.25, 0.3) is 0 Å². The number of rotatable bonds is 7. The molecule has 0 saturated heterocycles. The Morgan fingerprint density at radius 3 is 2.46 bits per heavy atom. The Bertz CT molecular complexity index is 761. The minimum absolute atomic E-state index is 0. The highest BCUT2D eigenvalue weighted by Gasteiger charge is 2.30. The third kappa shape index (κ3) is 7.78. The van der Waals surface area contributed by atoms with Gasteiger partial charge in [-0.05, 0) is 32.4 Å². The van der Waals surface area contributed by atoms with Crippen LogP contribution < -0.4 is 16.0 Å². The first kappa shape index (κ1) is 24.4. The van der Waals surface area contributed by atoms with Crippen LogP contribution in [0.1, 0.15) is 27.6 Å². The third-order valence-corrected chi connectivity index (χ3v) is 4.76. The lowest BCUT2D eigenvalue weighted by Gasteiger charge is -2.12. The number of hydrogen-bond acceptors (Lipinski definition) is 5. The molecule has 11 heteroatoms. The van der Waals surface area contributed by atoms with Crippen LogP contribution in [0, 0.1) is 13.8 Å². The zero-order valence-corrected chi connectivity index (χ0v) is 19.0. The van der Waals surface area contributed by atoms with E-state index in [1.165, 1.54) is 10.9 Å². The molecular weight excluding hydrogens is 504 g/mol. The Balaban J connectivity index is 0.00000392. The molecule has 0 saturated carbocycles. The van der Waals surface area contributed by atoms with Crippen LogP contribution in [-0.4, -0.2) is 36.1 Å². The SMILES string of the molecule is CN=C(NCCCNc1ccc(C(F)(F)F)cn1)NCc1sc(C)nc1C.I. The summed E-state index contributed by atoms with van der Waals surface area (Å²) in [5.74, 6) is 1.11. The number of pyridine rings is 1. The van der Waals surface area contributed by atoms with E-state index in [1.807, 2.05) is 13.8 Å². The van der Waals surface area contributed by atoms with Crippen molar-refractivity contribution in [3.05, 3.63) is 39.5 Å². The highest BCUT2D eigenvalue weighted by Crippen LogP contribution is 2.28. The van der Waals surface area contributed by atoms with Gasteiger partial charge in [0, 0.05) is 31.2 Å². The molecule has 0 atom stereocenters. The molecule has 2 rings (SSSR count). The molecule has 0 aromatic carbocycles. The molecule has 156 valence electrons. The number of aryl methyl sites for hydroxylation is 2. The Kier molecular flexibility index (Phi) is 9.93. The van der Waals surface area contributed by atoms with E-state index in [0.717, 1.165) is 29.4 Å². The number of thiazole rings is 1. The van der Waals surface area contributed by atoms with E-state index >= 15 is 0 Å². The predicted octanol–water partition coefficient (Wildman–Crippen LogP) is 3.96. The van der Waals surface area contributed by atoms with Gasteiger partial charge in [-0.2, -0.15) is 13.2 Å². The molecule has 0 unspecified atom stereocenters. The van der Waals surface area contributed by atoms with Crippen molar-refractivity contribution in [1.82, 2.24) is 20.6 Å². The Labute approximate surface area is 183 Å². The number of halogens is 4. The summed E-state index contributed by atoms with van der Waals surface area (Å²) in [4.78, 5) is 13.5. The number of alkyl halides is 3. The fraction of sp³-hybridized carbons (Fsp3) is 0.471. The third-order valence-electron chi connectivity index (χ3n) is 3.68. The molecule has 6 nitrogen and oxygen atoms in total. The molecule has 0 spiro atoms. The fourth-order valence-corrected chi connectivity index (χ4v) is 3.18. The maximum Gasteiger partial charge on any atom is 0.417 e. The van der Waals surface area contributed by atoms with Crippen molar-refractivity contribution < 1.29 is 13.2 Å². The number of guanidine groups is 1. The number of nitrogens with one attached hydrogen (secondary N) is 3. The van der Waals surface area contributed by atoms with Crippen LogP contribution in [0.2, 0.25) is 0 Å². The first-order valence-electron chi connectivity index (χ1n) is 8.44. The summed E-state index contributed by atoms with van der Waals surface area (Å²) in [6.45, 7) is 5.86. The molecule has 0 fully saturated rings. The molecule has 2 heterocycles. The number of aliphatic imine (C=N–C) groups is 1. The number of nitrogens with zero attached hydrogens (tertiary/aromatic N) is 3. The van der Waals surface area contributed by atoms with Crippen LogP contribution in [0.15, 0.2) is 23.3 Å². The molecular formula is C17H24F3IN6S. The quantitative estimate of drug-likeness (QED) is 0.220. The van der Waals surface area contributed by atoms with Gasteiger partial charge in [-0.1, -0.05) is 0 Å². The average Bonchev–Trinajstić information content (AvgIpc) is 2.94. The Morgan fingerprint density at radius 2 is 1.93 bits per heavy atom. The van der Waals surface area contributed by atoms with Crippen LogP contribution in [0.4, 0.5) is 19.0 Å². The van der Waals surface area contributed by atoms with E-state index in [2.05, 4.69) is 30.9 Å². The summed E-state index contributed by atoms with van der Waals surface area (Å²) in [6.07, 6.45) is -2.79. The van der Waals surface area contributed by atoms with Gasteiger partial charge in [0.05, 0.1) is 22.8 Å². The van der Waals surface area contributed by atoms with E-state index in [0.29, 0.717) is 31.4 Å². The maximum absolute atomic E-state index is 12.5. The number of hydrogen-bond donors (Lipinski definition) is 3. The van der Waals surface area contributed by atoms with Crippen molar-refractivity contribution in [2.45, 2.75) is 33.0 Å². The molecule has 0 aliphatic carbocycles. The second kappa shape index (κ2) is 11.4. The molecule has 0 aliphatic heterocycles. The highest BCUT2D eigenvalue weighted by atomic mass is 127. The van der Waals surface area contributed by atoms with E-state index in [9.17, 15) is 13.2 Å². The molecule has 0 radical (unpaired) electrons. The van der Waals surface area contributed by atoms with Crippen molar-refractivity contribution >= 4 is 47.1 Å². The lowest BCUT2D eigenvalue weighted by Crippen LogP contribution is -2.37. The summed E-state index contributed by atoms with van der Waals surface area (Å²) < 4.78 is 37.5. The number of aromatic nitrogens is 2. The smallest absolute Gasteiger partial charge is 0.370 e. The molecule has 28 heavy (non-hydrogen) atoms. The van der Waals surface area contributed by atoms with E-state index in [1.54, 1.807) is 18.4 Å². The Morgan fingerprint density at radius 1 is 1.18 bits per heavy atom. The van der Waals surface area contributed by atoms with Crippen LogP contribution in [-0.2, 0) is 12.7 Å². The summed E-state index contributed by atoms with van der Waals surface area (Å²) in [7, 11) is 1.70. The molecule has 2 aromatic heterocycles. The predicted molar refractivity (Wildman–Crippen MR) is 118 cm³/mol. The fourth-order valence-electron chi connectivity index (χ4n) is 2.30. The molecule has 3 N–H and O–H groups in total. The first-order chi connectivity index (χ1) is 12.8. The minimum atomic E-state index is -4.37. The lowest BCUT2D eigenvalue weighted by molar-refractivity contribution is -0.137. The highest BCUT2D eigenvalue weighted by molar-refractivity contribution is 14.0. The monoisotopic (exact) mass is 528 g/mol. The van der Waals surface area contributed by atoms with Crippen LogP contribution in [0.5, 0.6) is 0 Å². The van der Waals surface area contributed by atoms with Gasteiger partial charge in [-0.3, -0.25) is 4.99 Å². The second-order valence-corrected chi connectivity index (χ2v) is 7.09. The molecule has 2 aromatic rings. The largest absolute Gasteiger partial charge is 0.417 e. The Hall–Kier alpha value is -1.63. The summed E-state index contributed by atoms with van der Waals surface area (Å²) in [5, 5.41) is 10.5. The van der Waals surface area contributed by atoms with E-state index in [4.69, 9.17) is 0 Å². The van der Waals surface area contributed by atoms with Crippen molar-refractivity contribution in [2.24, 2.45) is 4.99 Å². The van der Waals surface area contributed by atoms with Gasteiger partial charge in [0.15, 0.2) is 5.96 Å². The standard InChI is InChI=1S/C17H23F3N6S.HI/c1-11-14(27-12(2)26-11)10-25-16(21-3)23-8-4-7-22-15-6-5-13(9-24-15)17(18,19)20;/h5-6,9H,4,7-8,10H2,1-3H3,(H,22,24)(H2,21,23,25);1H. The van der Waals surface area contributed by atoms with Gasteiger partial charge in [-0.15, -0.1) is 35.3 Å². The van der Waals surface area contributed by atoms with Crippen LogP contribution >= 0.6 is 35.3 Å². The van der Waals surface area contributed by atoms with Crippen molar-refractivity contribution in [3.8, 4) is 0 Å². The summed E-state index contributed by atoms with van der Waals surface area (Å²) >= 11 is 1.66. The maximum atomic E-state index is 12.5. The molecule has 0 aliphatic rings. The van der Waals surface area contributed by atoms with Gasteiger partial charge < -0.3 is 16.0 Å². The number of anilines is 1. The van der Waals surface area contributed by atoms with Crippen molar-refractivity contribution in [2.75, 3.05) is 25.5 Å². The van der Waals surface area contributed by atoms with Gasteiger partial charge in [0.2, 0.25) is 0 Å². The van der Waals surface area contributed by atoms with E-state index < -0.39 is 11.7 Å². The lowest BCUT2D eigenvalue weighted by atomic mass is 10.3. The van der Waals surface area contributed by atoms with E-state index in [-0.39, 0.29) is 24.0 Å². The van der Waals surface area contributed by atoms with Crippen molar-refractivity contribution in [3.63, 3.8) is 0 Å². The topological polar surface area (TPSA) is 74.2 Å². The first-order valence-corrected chi connectivity index (χ1v) is 9.26. The molecule has 0 amide bonds. The van der Waals surface area contributed by atoms with Gasteiger partial charge in [0.25, 0.3) is 0 Å². The second-order valence-electron chi connectivity index (χ2n) is 5.80. The van der Waals surface area contributed by atoms with Gasteiger partial charge in [0.1, 0.15) is 5.82 Å². The van der Waals surface area contributed by atoms with Gasteiger partial charge in [-0.25, -0.2) is 9.97 Å². The zero-order valence-electron chi connectivity index (χ0n) is 15.9. The van der Waals surface area contributed by atoms with Gasteiger partial charge >= 0.3 is 6.18 Å². The minimum Gasteiger partial charge on any atom is -0.370 e. The van der Waals surface area contributed by atoms with Crippen molar-refractivity contribution in [1.29, 1.82) is 0 Å². The molecule has 0 bridgehead atoms.